The van der Waals surface area contributed by atoms with Crippen LogP contribution in [0.25, 0.3) is 95.6 Å². The highest BCUT2D eigenvalue weighted by atomic mass is 32.1. The summed E-state index contributed by atoms with van der Waals surface area (Å²) in [7, 11) is 0. The Labute approximate surface area is 354 Å². The van der Waals surface area contributed by atoms with Crippen molar-refractivity contribution in [3.63, 3.8) is 0 Å². The summed E-state index contributed by atoms with van der Waals surface area (Å²) in [6.07, 6.45) is 0. The zero-order chi connectivity index (χ0) is 39.6. The summed E-state index contributed by atoms with van der Waals surface area (Å²) in [5.41, 5.74) is 16.8. The number of para-hydroxylation sites is 2. The van der Waals surface area contributed by atoms with Crippen LogP contribution in [0.4, 0.5) is 17.1 Å². The number of rotatable bonds is 2. The van der Waals surface area contributed by atoms with Crippen LogP contribution in [-0.2, 0) is 5.41 Å². The Bertz CT molecular complexity index is 3840. The molecule has 6 heteroatoms. The van der Waals surface area contributed by atoms with E-state index < -0.39 is 0 Å². The zero-order valence-corrected chi connectivity index (χ0v) is 34.8. The number of aromatic nitrogens is 1. The first-order chi connectivity index (χ1) is 29.4. The van der Waals surface area contributed by atoms with Gasteiger partial charge in [0.2, 0.25) is 0 Å². The fourth-order valence-electron chi connectivity index (χ4n) is 10.7. The Kier molecular flexibility index (Phi) is 6.41. The van der Waals surface area contributed by atoms with Crippen molar-refractivity contribution in [3.8, 4) is 22.3 Å². The fraction of sp³-hybridized carbons (Fsp3) is 0.0741. The Morgan fingerprint density at radius 2 is 1.23 bits per heavy atom. The third-order valence-electron chi connectivity index (χ3n) is 13.3. The van der Waals surface area contributed by atoms with E-state index in [1.165, 1.54) is 95.8 Å². The molecule has 12 aromatic rings. The maximum absolute atomic E-state index is 7.19. The van der Waals surface area contributed by atoms with Crippen LogP contribution in [0.15, 0.2) is 162 Å². The molecule has 6 heterocycles. The maximum Gasteiger partial charge on any atom is 0.333 e. The Morgan fingerprint density at radius 3 is 2.07 bits per heavy atom. The lowest BCUT2D eigenvalue weighted by atomic mass is 9.44. The highest BCUT2D eigenvalue weighted by Gasteiger charge is 2.46. The second kappa shape index (κ2) is 11.6. The van der Waals surface area contributed by atoms with Crippen molar-refractivity contribution < 1.29 is 4.42 Å². The molecule has 0 atom stereocenters. The van der Waals surface area contributed by atoms with E-state index in [9.17, 15) is 0 Å². The summed E-state index contributed by atoms with van der Waals surface area (Å²) in [6.45, 7) is 6.81. The zero-order valence-electron chi connectivity index (χ0n) is 33.2. The molecule has 0 bridgehead atoms. The molecule has 0 saturated heterocycles. The van der Waals surface area contributed by atoms with E-state index in [1.807, 2.05) is 22.7 Å². The van der Waals surface area contributed by atoms with Gasteiger partial charge in [0.05, 0.1) is 21.6 Å². The van der Waals surface area contributed by atoms with E-state index in [2.05, 4.69) is 188 Å². The van der Waals surface area contributed by atoms with E-state index in [4.69, 9.17) is 4.42 Å². The topological polar surface area (TPSA) is 21.3 Å². The van der Waals surface area contributed by atoms with Crippen molar-refractivity contribution in [2.45, 2.75) is 26.2 Å². The van der Waals surface area contributed by atoms with Crippen molar-refractivity contribution in [2.75, 3.05) is 4.90 Å². The van der Waals surface area contributed by atoms with Crippen LogP contribution >= 0.6 is 22.7 Å². The Morgan fingerprint density at radius 1 is 0.517 bits per heavy atom. The highest BCUT2D eigenvalue weighted by Crippen LogP contribution is 2.54. The smallest absolute Gasteiger partial charge is 0.333 e. The molecular weight excluding hydrogens is 768 g/mol. The third-order valence-corrected chi connectivity index (χ3v) is 15.7. The molecule has 0 fully saturated rings. The third kappa shape index (κ3) is 4.20. The van der Waals surface area contributed by atoms with Gasteiger partial charge in [-0.1, -0.05) is 130 Å². The predicted octanol–water partition coefficient (Wildman–Crippen LogP) is 14.7. The van der Waals surface area contributed by atoms with Crippen LogP contribution in [0.5, 0.6) is 0 Å². The van der Waals surface area contributed by atoms with Crippen molar-refractivity contribution in [3.05, 3.63) is 163 Å². The summed E-state index contributed by atoms with van der Waals surface area (Å²) < 4.78 is 15.2. The van der Waals surface area contributed by atoms with Gasteiger partial charge in [-0.2, -0.15) is 0 Å². The lowest BCUT2D eigenvalue weighted by Crippen LogP contribution is -2.57. The van der Waals surface area contributed by atoms with Crippen LogP contribution in [0.1, 0.15) is 26.3 Å². The van der Waals surface area contributed by atoms with Crippen LogP contribution < -0.4 is 15.8 Å². The molecule has 3 nitrogen and oxygen atoms in total. The van der Waals surface area contributed by atoms with Gasteiger partial charge in [-0.05, 0) is 92.3 Å². The number of furan rings is 1. The van der Waals surface area contributed by atoms with Crippen molar-refractivity contribution in [1.82, 2.24) is 4.48 Å². The number of benzene rings is 8. The first-order valence-electron chi connectivity index (χ1n) is 20.8. The molecule has 2 aliphatic heterocycles. The average molecular weight is 803 g/mol. The molecule has 0 radical (unpaired) electrons. The van der Waals surface area contributed by atoms with E-state index in [-0.39, 0.29) is 12.3 Å². The minimum atomic E-state index is -0.123. The monoisotopic (exact) mass is 802 g/mol. The number of hydrogen-bond acceptors (Lipinski definition) is 4. The predicted molar refractivity (Wildman–Crippen MR) is 260 cm³/mol. The van der Waals surface area contributed by atoms with Gasteiger partial charge in [-0.25, -0.2) is 0 Å². The van der Waals surface area contributed by atoms with E-state index in [0.29, 0.717) is 0 Å². The van der Waals surface area contributed by atoms with Gasteiger partial charge in [0.1, 0.15) is 5.58 Å². The molecule has 282 valence electrons. The highest BCUT2D eigenvalue weighted by molar-refractivity contribution is 7.27. The summed E-state index contributed by atoms with van der Waals surface area (Å²) in [6, 6.07) is 58.9. The quantitative estimate of drug-likeness (QED) is 0.162. The molecule has 0 spiro atoms. The van der Waals surface area contributed by atoms with E-state index in [0.717, 1.165) is 33.3 Å². The SMILES string of the molecule is CC(C)(C)c1ccc(N2c3ccc4sc5ccccc5c4c3B3c4c(cc5c(oc6ccccc65)c42)-c2cccc4c5sc6ccccc6c5n3c24)c(-c2ccccc2)c1. The lowest BCUT2D eigenvalue weighted by molar-refractivity contribution is 0.590. The number of fused-ring (bicyclic) bond motifs is 17. The Hall–Kier alpha value is -6.60. The first kappa shape index (κ1) is 33.3. The van der Waals surface area contributed by atoms with Gasteiger partial charge in [0.25, 0.3) is 0 Å². The first-order valence-corrected chi connectivity index (χ1v) is 22.4. The lowest BCUT2D eigenvalue weighted by Gasteiger charge is -2.41. The number of anilines is 3. The molecular formula is C54H35BN2OS2. The largest absolute Gasteiger partial charge is 0.454 e. The molecule has 0 N–H and O–H groups in total. The number of nitrogens with zero attached hydrogens (tertiary/aromatic N) is 2. The molecule has 0 amide bonds. The van der Waals surface area contributed by atoms with Gasteiger partial charge in [0.15, 0.2) is 5.58 Å². The van der Waals surface area contributed by atoms with Crippen LogP contribution in [0.2, 0.25) is 0 Å². The van der Waals surface area contributed by atoms with Gasteiger partial charge >= 0.3 is 6.85 Å². The minimum absolute atomic E-state index is 0.0369. The molecule has 0 aliphatic carbocycles. The molecule has 8 aromatic carbocycles. The number of thiophene rings is 2. The summed E-state index contributed by atoms with van der Waals surface area (Å²) in [5, 5.41) is 7.56. The van der Waals surface area contributed by atoms with Crippen LogP contribution in [-0.4, -0.2) is 11.3 Å². The van der Waals surface area contributed by atoms with Crippen molar-refractivity contribution in [2.24, 2.45) is 0 Å². The molecule has 0 saturated carbocycles. The molecule has 14 rings (SSSR count). The normalized spacial score (nSPS) is 13.5. The van der Waals surface area contributed by atoms with Gasteiger partial charge < -0.3 is 13.8 Å². The van der Waals surface area contributed by atoms with Crippen molar-refractivity contribution >= 4 is 131 Å². The number of hydrogen-bond donors (Lipinski definition) is 0. The van der Waals surface area contributed by atoms with Gasteiger partial charge in [0, 0.05) is 58.0 Å². The molecule has 2 aliphatic rings. The van der Waals surface area contributed by atoms with Crippen LogP contribution in [0, 0.1) is 0 Å². The second-order valence-corrected chi connectivity index (χ2v) is 19.7. The molecule has 60 heavy (non-hydrogen) atoms. The van der Waals surface area contributed by atoms with Crippen molar-refractivity contribution in [1.29, 1.82) is 0 Å². The van der Waals surface area contributed by atoms with E-state index in [1.54, 1.807) is 0 Å². The standard InChI is InChI=1S/C54H35BN2OS2/c1-54(2,3)31-24-25-40(37(28-31)30-14-5-4-6-15-30)56-41-26-27-45-46(34-17-8-11-22-43(34)59-45)48(41)55-47-38(29-39-32-16-7-10-21-42(32)58-52(39)51(47)56)33-19-13-20-36-49(33)57(55)50-35-18-9-12-23-44(35)60-53(36)50/h4-29H,1-3H3. The van der Waals surface area contributed by atoms with E-state index >= 15 is 0 Å². The average Bonchev–Trinajstić information content (AvgIpc) is 4.04. The molecule has 0 unspecified atom stereocenters. The molecule has 4 aromatic heterocycles. The second-order valence-electron chi connectivity index (χ2n) is 17.6. The maximum atomic E-state index is 7.19. The fourth-order valence-corrected chi connectivity index (χ4v) is 13.1. The Balaban J connectivity index is 1.24. The summed E-state index contributed by atoms with van der Waals surface area (Å²) in [4.78, 5) is 2.59. The minimum Gasteiger partial charge on any atom is -0.454 e. The summed E-state index contributed by atoms with van der Waals surface area (Å²) in [5.74, 6) is 0. The summed E-state index contributed by atoms with van der Waals surface area (Å²) >= 11 is 3.83. The van der Waals surface area contributed by atoms with Gasteiger partial charge in [-0.3, -0.25) is 0 Å². The van der Waals surface area contributed by atoms with Gasteiger partial charge in [-0.15, -0.1) is 22.7 Å². The van der Waals surface area contributed by atoms with Crippen LogP contribution in [0.3, 0.4) is 0 Å².